The zero-order valence-electron chi connectivity index (χ0n) is 12.6. The van der Waals surface area contributed by atoms with Crippen molar-refractivity contribution in [2.24, 2.45) is 0 Å². The van der Waals surface area contributed by atoms with Crippen molar-refractivity contribution in [1.82, 2.24) is 15.6 Å². The van der Waals surface area contributed by atoms with Gasteiger partial charge in [0.2, 0.25) is 0 Å². The molecule has 2 heterocycles. The highest BCUT2D eigenvalue weighted by Crippen LogP contribution is 2.31. The lowest BCUT2D eigenvalue weighted by atomic mass is 10.1. The lowest BCUT2D eigenvalue weighted by Gasteiger charge is -2.14. The summed E-state index contributed by atoms with van der Waals surface area (Å²) in [5, 5.41) is 8.94. The van der Waals surface area contributed by atoms with Crippen molar-refractivity contribution in [2.75, 3.05) is 13.2 Å². The van der Waals surface area contributed by atoms with Crippen LogP contribution in [0.5, 0.6) is 5.75 Å². The van der Waals surface area contributed by atoms with Crippen molar-refractivity contribution >= 4 is 17.4 Å². The number of fused-ring (bicyclic) bond motifs is 1. The number of benzene rings is 1. The second-order valence-corrected chi connectivity index (χ2v) is 6.37. The van der Waals surface area contributed by atoms with Crippen molar-refractivity contribution in [3.8, 4) is 5.75 Å². The summed E-state index contributed by atoms with van der Waals surface area (Å²) in [7, 11) is 0. The monoisotopic (exact) mass is 317 g/mol. The minimum atomic E-state index is -0.176. The van der Waals surface area contributed by atoms with Gasteiger partial charge in [-0.1, -0.05) is 25.1 Å². The molecule has 2 amide bonds. The SMILES string of the molecule is Cc1csc([C@@H](C)CNC(=O)N[C@@H]2COc3ccccc32)n1. The molecule has 1 aliphatic rings. The fraction of sp³-hybridized carbons (Fsp3) is 0.375. The predicted molar refractivity (Wildman–Crippen MR) is 86.5 cm³/mol. The van der Waals surface area contributed by atoms with Crippen LogP contribution in [0.1, 0.15) is 35.1 Å². The van der Waals surface area contributed by atoms with E-state index in [-0.39, 0.29) is 18.0 Å². The number of aryl methyl sites for hydroxylation is 1. The first-order valence-electron chi connectivity index (χ1n) is 7.31. The maximum absolute atomic E-state index is 12.1. The van der Waals surface area contributed by atoms with Gasteiger partial charge in [0.25, 0.3) is 0 Å². The van der Waals surface area contributed by atoms with Crippen LogP contribution in [0.4, 0.5) is 4.79 Å². The molecule has 0 unspecified atom stereocenters. The molecule has 1 aromatic carbocycles. The molecular weight excluding hydrogens is 298 g/mol. The Bertz CT molecular complexity index is 671. The number of carbonyl (C=O) groups excluding carboxylic acids is 1. The van der Waals surface area contributed by atoms with Crippen LogP contribution in [0.2, 0.25) is 0 Å². The van der Waals surface area contributed by atoms with Crippen molar-refractivity contribution in [1.29, 1.82) is 0 Å². The summed E-state index contributed by atoms with van der Waals surface area (Å²) < 4.78 is 5.56. The molecule has 6 heteroatoms. The van der Waals surface area contributed by atoms with Crippen molar-refractivity contribution in [3.05, 3.63) is 45.9 Å². The third kappa shape index (κ3) is 3.22. The molecule has 3 rings (SSSR count). The summed E-state index contributed by atoms with van der Waals surface area (Å²) in [5.41, 5.74) is 2.05. The number of para-hydroxylation sites is 1. The highest BCUT2D eigenvalue weighted by molar-refractivity contribution is 7.09. The summed E-state index contributed by atoms with van der Waals surface area (Å²) in [5.74, 6) is 1.05. The zero-order valence-corrected chi connectivity index (χ0v) is 13.4. The van der Waals surface area contributed by atoms with Crippen molar-refractivity contribution in [3.63, 3.8) is 0 Å². The molecule has 0 saturated carbocycles. The van der Waals surface area contributed by atoms with Gasteiger partial charge in [-0.15, -0.1) is 11.3 Å². The van der Waals surface area contributed by atoms with Crippen LogP contribution in [-0.4, -0.2) is 24.2 Å². The van der Waals surface area contributed by atoms with Gasteiger partial charge in [-0.3, -0.25) is 0 Å². The Morgan fingerprint density at radius 2 is 2.32 bits per heavy atom. The topological polar surface area (TPSA) is 63.2 Å². The molecule has 0 saturated heterocycles. The summed E-state index contributed by atoms with van der Waals surface area (Å²) in [4.78, 5) is 16.5. The fourth-order valence-electron chi connectivity index (χ4n) is 2.42. The average Bonchev–Trinajstić information content (AvgIpc) is 3.12. The molecule has 0 radical (unpaired) electrons. The number of rotatable bonds is 4. The normalized spacial score (nSPS) is 17.5. The average molecular weight is 317 g/mol. The Labute approximate surface area is 133 Å². The molecule has 1 aliphatic heterocycles. The van der Waals surface area contributed by atoms with E-state index in [0.717, 1.165) is 22.0 Å². The van der Waals surface area contributed by atoms with E-state index in [1.807, 2.05) is 36.6 Å². The third-order valence-corrected chi connectivity index (χ3v) is 4.83. The smallest absolute Gasteiger partial charge is 0.315 e. The third-order valence-electron chi connectivity index (χ3n) is 3.63. The van der Waals surface area contributed by atoms with E-state index in [1.54, 1.807) is 11.3 Å². The van der Waals surface area contributed by atoms with Gasteiger partial charge in [0.05, 0.1) is 11.0 Å². The van der Waals surface area contributed by atoms with E-state index in [1.165, 1.54) is 0 Å². The number of thiazole rings is 1. The van der Waals surface area contributed by atoms with Gasteiger partial charge < -0.3 is 15.4 Å². The molecule has 2 aromatic rings. The number of urea groups is 1. The summed E-state index contributed by atoms with van der Waals surface area (Å²) in [6.07, 6.45) is 0. The van der Waals surface area contributed by atoms with E-state index in [9.17, 15) is 4.79 Å². The van der Waals surface area contributed by atoms with Crippen molar-refractivity contribution < 1.29 is 9.53 Å². The van der Waals surface area contributed by atoms with Crippen LogP contribution in [0, 0.1) is 6.92 Å². The molecule has 2 atom stereocenters. The maximum Gasteiger partial charge on any atom is 0.315 e. The van der Waals surface area contributed by atoms with Gasteiger partial charge in [-0.25, -0.2) is 9.78 Å². The lowest BCUT2D eigenvalue weighted by molar-refractivity contribution is 0.231. The summed E-state index contributed by atoms with van der Waals surface area (Å²) in [6, 6.07) is 7.51. The quantitative estimate of drug-likeness (QED) is 0.911. The molecule has 0 aliphatic carbocycles. The van der Waals surface area contributed by atoms with Crippen LogP contribution in [0.3, 0.4) is 0 Å². The van der Waals surface area contributed by atoms with E-state index < -0.39 is 0 Å². The van der Waals surface area contributed by atoms with E-state index in [2.05, 4.69) is 22.5 Å². The van der Waals surface area contributed by atoms with Crippen LogP contribution in [0.15, 0.2) is 29.6 Å². The van der Waals surface area contributed by atoms with Crippen LogP contribution in [-0.2, 0) is 0 Å². The van der Waals surface area contributed by atoms with E-state index in [4.69, 9.17) is 4.74 Å². The molecule has 0 spiro atoms. The first kappa shape index (κ1) is 14.8. The molecule has 0 bridgehead atoms. The highest BCUT2D eigenvalue weighted by Gasteiger charge is 2.25. The first-order valence-corrected chi connectivity index (χ1v) is 8.19. The standard InChI is InChI=1S/C16H19N3O2S/c1-10(15-18-11(2)9-22-15)7-17-16(20)19-13-8-21-14-6-4-3-5-12(13)14/h3-6,9-10,13H,7-8H2,1-2H3,(H2,17,19,20)/t10-,13+/m0/s1. The van der Waals surface area contributed by atoms with E-state index in [0.29, 0.717) is 13.2 Å². The fourth-order valence-corrected chi connectivity index (χ4v) is 3.28. The van der Waals surface area contributed by atoms with Gasteiger partial charge in [0.15, 0.2) is 0 Å². The molecule has 2 N–H and O–H groups in total. The molecule has 0 fully saturated rings. The number of aromatic nitrogens is 1. The maximum atomic E-state index is 12.1. The Kier molecular flexibility index (Phi) is 4.29. The largest absolute Gasteiger partial charge is 0.491 e. The summed E-state index contributed by atoms with van der Waals surface area (Å²) in [6.45, 7) is 5.08. The number of nitrogens with zero attached hydrogens (tertiary/aromatic N) is 1. The Morgan fingerprint density at radius 3 is 3.09 bits per heavy atom. The molecular formula is C16H19N3O2S. The van der Waals surface area contributed by atoms with Crippen LogP contribution >= 0.6 is 11.3 Å². The zero-order chi connectivity index (χ0) is 15.5. The molecule has 116 valence electrons. The Balaban J connectivity index is 1.51. The predicted octanol–water partition coefficient (Wildman–Crippen LogP) is 2.99. The number of amides is 2. The van der Waals surface area contributed by atoms with Gasteiger partial charge in [0, 0.05) is 29.1 Å². The minimum Gasteiger partial charge on any atom is -0.491 e. The summed E-state index contributed by atoms with van der Waals surface area (Å²) >= 11 is 1.63. The second kappa shape index (κ2) is 6.36. The Morgan fingerprint density at radius 1 is 1.50 bits per heavy atom. The van der Waals surface area contributed by atoms with Crippen molar-refractivity contribution in [2.45, 2.75) is 25.8 Å². The molecule has 22 heavy (non-hydrogen) atoms. The molecule has 1 aromatic heterocycles. The van der Waals surface area contributed by atoms with Crippen LogP contribution in [0.25, 0.3) is 0 Å². The first-order chi connectivity index (χ1) is 10.6. The number of ether oxygens (including phenoxy) is 1. The number of hydrogen-bond acceptors (Lipinski definition) is 4. The van der Waals surface area contributed by atoms with Gasteiger partial charge in [-0.2, -0.15) is 0 Å². The second-order valence-electron chi connectivity index (χ2n) is 5.48. The minimum absolute atomic E-state index is 0.0892. The van der Waals surface area contributed by atoms with Gasteiger partial charge in [0.1, 0.15) is 12.4 Å². The number of hydrogen-bond donors (Lipinski definition) is 2. The molecule has 5 nitrogen and oxygen atoms in total. The lowest BCUT2D eigenvalue weighted by Crippen LogP contribution is -2.40. The van der Waals surface area contributed by atoms with Gasteiger partial charge >= 0.3 is 6.03 Å². The Hall–Kier alpha value is -2.08. The highest BCUT2D eigenvalue weighted by atomic mass is 32.1. The van der Waals surface area contributed by atoms with Gasteiger partial charge in [-0.05, 0) is 13.0 Å². The van der Waals surface area contributed by atoms with Crippen LogP contribution < -0.4 is 15.4 Å². The number of nitrogens with one attached hydrogen (secondary N) is 2. The number of carbonyl (C=O) groups is 1. The van der Waals surface area contributed by atoms with E-state index >= 15 is 0 Å².